The molecule has 0 amide bonds. The Labute approximate surface area is 149 Å². The third-order valence-electron chi connectivity index (χ3n) is 5.16. The molecule has 25 heavy (non-hydrogen) atoms. The number of cyclic esters (lactones) is 1. The van der Waals surface area contributed by atoms with E-state index < -0.39 is 11.8 Å². The largest absolute Gasteiger partial charge is 0.466 e. The number of carbonyl (C=O) groups excluding carboxylic acids is 2. The van der Waals surface area contributed by atoms with Crippen molar-refractivity contribution < 1.29 is 19.1 Å². The van der Waals surface area contributed by atoms with E-state index in [0.29, 0.717) is 18.8 Å². The molecule has 1 aromatic rings. The normalized spacial score (nSPS) is 24.4. The molecular formula is C21H26O4. The van der Waals surface area contributed by atoms with Crippen LogP contribution in [0.25, 0.3) is 0 Å². The third kappa shape index (κ3) is 4.30. The van der Waals surface area contributed by atoms with Gasteiger partial charge in [0.05, 0.1) is 18.4 Å². The highest BCUT2D eigenvalue weighted by Crippen LogP contribution is 2.36. The van der Waals surface area contributed by atoms with Crippen molar-refractivity contribution >= 4 is 11.9 Å². The lowest BCUT2D eigenvalue weighted by Crippen LogP contribution is -2.37. The molecule has 0 N–H and O–H groups in total. The zero-order valence-electron chi connectivity index (χ0n) is 14.8. The molecule has 0 spiro atoms. The van der Waals surface area contributed by atoms with Gasteiger partial charge in [-0.1, -0.05) is 49.6 Å². The fourth-order valence-electron chi connectivity index (χ4n) is 3.82. The minimum absolute atomic E-state index is 0.257. The summed E-state index contributed by atoms with van der Waals surface area (Å²) in [5.74, 6) is -0.759. The molecule has 0 saturated heterocycles. The third-order valence-corrected chi connectivity index (χ3v) is 5.16. The van der Waals surface area contributed by atoms with Crippen LogP contribution in [-0.4, -0.2) is 18.5 Å². The second-order valence-electron chi connectivity index (χ2n) is 6.90. The number of hydrogen-bond donors (Lipinski definition) is 0. The van der Waals surface area contributed by atoms with Crippen LogP contribution in [0.4, 0.5) is 0 Å². The molecule has 134 valence electrons. The monoisotopic (exact) mass is 342 g/mol. The molecule has 1 heterocycles. The summed E-state index contributed by atoms with van der Waals surface area (Å²) in [7, 11) is 0. The van der Waals surface area contributed by atoms with Gasteiger partial charge in [0.1, 0.15) is 5.76 Å². The molecule has 2 aliphatic rings. The molecule has 1 aromatic carbocycles. The first kappa shape index (κ1) is 17.7. The van der Waals surface area contributed by atoms with Crippen LogP contribution in [0.3, 0.4) is 0 Å². The van der Waals surface area contributed by atoms with Gasteiger partial charge in [-0.05, 0) is 37.8 Å². The molecule has 4 nitrogen and oxygen atoms in total. The molecule has 4 heteroatoms. The molecule has 0 bridgehead atoms. The molecule has 1 aliphatic carbocycles. The van der Waals surface area contributed by atoms with E-state index in [1.165, 1.54) is 6.42 Å². The van der Waals surface area contributed by atoms with Crippen LogP contribution in [0.2, 0.25) is 0 Å². The van der Waals surface area contributed by atoms with Crippen molar-refractivity contribution in [1.82, 2.24) is 0 Å². The number of carbonyl (C=O) groups is 2. The zero-order chi connectivity index (χ0) is 17.6. The summed E-state index contributed by atoms with van der Waals surface area (Å²) in [6.07, 6.45) is 7.93. The Morgan fingerprint density at radius 1 is 1.16 bits per heavy atom. The Morgan fingerprint density at radius 3 is 2.56 bits per heavy atom. The maximum atomic E-state index is 12.7. The number of benzene rings is 1. The molecule has 1 fully saturated rings. The van der Waals surface area contributed by atoms with E-state index in [0.717, 1.165) is 31.2 Å². The summed E-state index contributed by atoms with van der Waals surface area (Å²) in [6.45, 7) is 2.10. The van der Waals surface area contributed by atoms with E-state index in [1.807, 2.05) is 36.4 Å². The lowest BCUT2D eigenvalue weighted by atomic mass is 9.81. The maximum Gasteiger partial charge on any atom is 0.315 e. The Bertz CT molecular complexity index is 629. The molecule has 0 unspecified atom stereocenters. The summed E-state index contributed by atoms with van der Waals surface area (Å²) in [4.78, 5) is 25.2. The van der Waals surface area contributed by atoms with Crippen molar-refractivity contribution in [3.05, 3.63) is 47.7 Å². The fraction of sp³-hybridized carbons (Fsp3) is 0.524. The zero-order valence-corrected chi connectivity index (χ0v) is 14.8. The topological polar surface area (TPSA) is 52.6 Å². The summed E-state index contributed by atoms with van der Waals surface area (Å²) < 4.78 is 10.9. The van der Waals surface area contributed by atoms with Crippen LogP contribution in [0, 0.1) is 17.8 Å². The van der Waals surface area contributed by atoms with Gasteiger partial charge < -0.3 is 9.47 Å². The standard InChI is InChI=1S/C21H26O4/c1-2-24-20(22)18-14-19(16-11-7-4-8-12-16)25-21(23)17(18)13-15-9-5-3-6-10-15/h3,5-6,9-10,14,16-18H,2,4,7-8,11-13H2,1H3/t17-,18-/m1/s1. The van der Waals surface area contributed by atoms with E-state index >= 15 is 0 Å². The van der Waals surface area contributed by atoms with Crippen LogP contribution in [-0.2, 0) is 25.5 Å². The van der Waals surface area contributed by atoms with E-state index in [-0.39, 0.29) is 17.9 Å². The smallest absolute Gasteiger partial charge is 0.315 e. The minimum Gasteiger partial charge on any atom is -0.466 e. The first-order valence-electron chi connectivity index (χ1n) is 9.33. The number of esters is 2. The predicted molar refractivity (Wildman–Crippen MR) is 94.5 cm³/mol. The van der Waals surface area contributed by atoms with Gasteiger partial charge in [-0.15, -0.1) is 0 Å². The molecule has 1 aliphatic heterocycles. The van der Waals surface area contributed by atoms with Crippen molar-refractivity contribution in [1.29, 1.82) is 0 Å². The summed E-state index contributed by atoms with van der Waals surface area (Å²) >= 11 is 0. The number of allylic oxidation sites excluding steroid dienone is 1. The van der Waals surface area contributed by atoms with Gasteiger partial charge >= 0.3 is 11.9 Å². The molecule has 0 aromatic heterocycles. The second-order valence-corrected chi connectivity index (χ2v) is 6.90. The highest BCUT2D eigenvalue weighted by atomic mass is 16.5. The van der Waals surface area contributed by atoms with Gasteiger partial charge in [-0.3, -0.25) is 9.59 Å². The van der Waals surface area contributed by atoms with Crippen molar-refractivity contribution in [2.24, 2.45) is 17.8 Å². The highest BCUT2D eigenvalue weighted by Gasteiger charge is 2.40. The lowest BCUT2D eigenvalue weighted by molar-refractivity contribution is -0.159. The van der Waals surface area contributed by atoms with Crippen molar-refractivity contribution in [2.75, 3.05) is 6.61 Å². The Kier molecular flexibility index (Phi) is 5.90. The Hall–Kier alpha value is -2.10. The van der Waals surface area contributed by atoms with Gasteiger partial charge in [0, 0.05) is 5.92 Å². The van der Waals surface area contributed by atoms with Crippen molar-refractivity contribution in [2.45, 2.75) is 45.4 Å². The summed E-state index contributed by atoms with van der Waals surface area (Å²) in [6, 6.07) is 9.75. The van der Waals surface area contributed by atoms with Gasteiger partial charge in [0.25, 0.3) is 0 Å². The first-order chi connectivity index (χ1) is 12.2. The number of ether oxygens (including phenoxy) is 2. The maximum absolute atomic E-state index is 12.7. The summed E-state index contributed by atoms with van der Waals surface area (Å²) in [5, 5.41) is 0. The van der Waals surface area contributed by atoms with Crippen LogP contribution >= 0.6 is 0 Å². The predicted octanol–water partition coefficient (Wildman–Crippen LogP) is 4.05. The van der Waals surface area contributed by atoms with E-state index in [9.17, 15) is 9.59 Å². The van der Waals surface area contributed by atoms with Gasteiger partial charge in [0.2, 0.25) is 0 Å². The average Bonchev–Trinajstić information content (AvgIpc) is 2.65. The molecular weight excluding hydrogens is 316 g/mol. The van der Waals surface area contributed by atoms with Crippen molar-refractivity contribution in [3.8, 4) is 0 Å². The van der Waals surface area contributed by atoms with Gasteiger partial charge in [-0.25, -0.2) is 0 Å². The summed E-state index contributed by atoms with van der Waals surface area (Å²) in [5.41, 5.74) is 1.02. The van der Waals surface area contributed by atoms with Gasteiger partial charge in [0.15, 0.2) is 0 Å². The lowest BCUT2D eigenvalue weighted by Gasteiger charge is -2.32. The number of hydrogen-bond acceptors (Lipinski definition) is 4. The molecule has 1 saturated carbocycles. The van der Waals surface area contributed by atoms with Crippen LogP contribution in [0.15, 0.2) is 42.2 Å². The Balaban J connectivity index is 1.84. The van der Waals surface area contributed by atoms with Crippen LogP contribution in [0.1, 0.15) is 44.6 Å². The van der Waals surface area contributed by atoms with Crippen LogP contribution in [0.5, 0.6) is 0 Å². The second kappa shape index (κ2) is 8.32. The molecule has 0 radical (unpaired) electrons. The SMILES string of the molecule is CCOC(=O)[C@@H]1C=C(C2CCCCC2)OC(=O)[C@@H]1Cc1ccccc1. The average molecular weight is 342 g/mol. The molecule has 2 atom stereocenters. The van der Waals surface area contributed by atoms with Crippen LogP contribution < -0.4 is 0 Å². The quantitative estimate of drug-likeness (QED) is 0.758. The minimum atomic E-state index is -0.557. The number of rotatable bonds is 5. The fourth-order valence-corrected chi connectivity index (χ4v) is 3.82. The first-order valence-corrected chi connectivity index (χ1v) is 9.33. The molecule has 3 rings (SSSR count). The van der Waals surface area contributed by atoms with E-state index in [1.54, 1.807) is 6.92 Å². The van der Waals surface area contributed by atoms with E-state index in [4.69, 9.17) is 9.47 Å². The highest BCUT2D eigenvalue weighted by molar-refractivity contribution is 5.85. The van der Waals surface area contributed by atoms with Gasteiger partial charge in [-0.2, -0.15) is 0 Å². The van der Waals surface area contributed by atoms with E-state index in [2.05, 4.69) is 0 Å². The van der Waals surface area contributed by atoms with Crippen molar-refractivity contribution in [3.63, 3.8) is 0 Å². The Morgan fingerprint density at radius 2 is 1.88 bits per heavy atom.